The van der Waals surface area contributed by atoms with Crippen molar-refractivity contribution in [2.75, 3.05) is 0 Å². The van der Waals surface area contributed by atoms with Crippen LogP contribution in [0.1, 0.15) is 5.56 Å². The first kappa shape index (κ1) is 10.1. The van der Waals surface area contributed by atoms with Crippen molar-refractivity contribution in [3.05, 3.63) is 47.0 Å². The second-order valence-electron chi connectivity index (χ2n) is 3.08. The summed E-state index contributed by atoms with van der Waals surface area (Å²) < 4.78 is 14.7. The van der Waals surface area contributed by atoms with Gasteiger partial charge in [-0.25, -0.2) is 9.07 Å². The lowest BCUT2D eigenvalue weighted by Gasteiger charge is -2.04. The topological polar surface area (TPSA) is 43.8 Å². The van der Waals surface area contributed by atoms with Gasteiger partial charge in [-0.2, -0.15) is 5.10 Å². The molecule has 3 nitrogen and oxygen atoms in total. The lowest BCUT2D eigenvalue weighted by atomic mass is 10.2. The molecule has 2 N–H and O–H groups in total. The van der Waals surface area contributed by atoms with E-state index in [1.54, 1.807) is 23.0 Å². The molecule has 0 amide bonds. The molecule has 0 spiro atoms. The molecule has 2 aromatic rings. The molecule has 0 atom stereocenters. The Bertz CT molecular complexity index is 481. The van der Waals surface area contributed by atoms with Crippen molar-refractivity contribution in [2.24, 2.45) is 5.73 Å². The number of halogens is 2. The molecule has 0 aliphatic carbocycles. The Balaban J connectivity index is 2.45. The van der Waals surface area contributed by atoms with Crippen molar-refractivity contribution in [3.63, 3.8) is 0 Å². The van der Waals surface area contributed by atoms with E-state index in [0.717, 1.165) is 5.69 Å². The highest BCUT2D eigenvalue weighted by Crippen LogP contribution is 2.15. The molecule has 0 fully saturated rings. The molecule has 1 heterocycles. The molecular weight excluding hydrogens is 217 g/mol. The van der Waals surface area contributed by atoms with Gasteiger partial charge in [0, 0.05) is 18.3 Å². The van der Waals surface area contributed by atoms with E-state index in [1.165, 1.54) is 12.3 Å². The van der Waals surface area contributed by atoms with E-state index in [-0.39, 0.29) is 12.4 Å². The van der Waals surface area contributed by atoms with Crippen LogP contribution in [0.5, 0.6) is 0 Å². The molecule has 1 aromatic heterocycles. The summed E-state index contributed by atoms with van der Waals surface area (Å²) in [7, 11) is 0. The fourth-order valence-corrected chi connectivity index (χ4v) is 1.44. The predicted molar refractivity (Wildman–Crippen MR) is 56.4 cm³/mol. The Labute approximate surface area is 91.3 Å². The average Bonchev–Trinajstić information content (AvgIpc) is 2.66. The maximum Gasteiger partial charge on any atom is 0.127 e. The Morgan fingerprint density at radius 2 is 2.27 bits per heavy atom. The Morgan fingerprint density at radius 1 is 1.47 bits per heavy atom. The van der Waals surface area contributed by atoms with Gasteiger partial charge in [-0.05, 0) is 18.2 Å². The van der Waals surface area contributed by atoms with Crippen molar-refractivity contribution in [1.82, 2.24) is 9.78 Å². The minimum Gasteiger partial charge on any atom is -0.326 e. The summed E-state index contributed by atoms with van der Waals surface area (Å²) >= 11 is 5.73. The average molecular weight is 226 g/mol. The van der Waals surface area contributed by atoms with Crippen molar-refractivity contribution < 1.29 is 4.39 Å². The smallest absolute Gasteiger partial charge is 0.127 e. The van der Waals surface area contributed by atoms with E-state index in [2.05, 4.69) is 5.10 Å². The minimum absolute atomic E-state index is 0.161. The van der Waals surface area contributed by atoms with Crippen LogP contribution in [0, 0.1) is 5.82 Å². The third-order valence-corrected chi connectivity index (χ3v) is 2.26. The highest BCUT2D eigenvalue weighted by Gasteiger charge is 2.04. The normalized spacial score (nSPS) is 10.6. The van der Waals surface area contributed by atoms with Crippen LogP contribution in [0.2, 0.25) is 5.02 Å². The highest BCUT2D eigenvalue weighted by atomic mass is 35.5. The quantitative estimate of drug-likeness (QED) is 0.851. The van der Waals surface area contributed by atoms with E-state index in [1.807, 2.05) is 0 Å². The molecule has 0 bridgehead atoms. The molecule has 0 aliphatic rings. The molecule has 0 radical (unpaired) electrons. The maximum atomic E-state index is 13.2. The summed E-state index contributed by atoms with van der Waals surface area (Å²) in [5, 5.41) is 4.55. The van der Waals surface area contributed by atoms with E-state index in [4.69, 9.17) is 17.3 Å². The van der Waals surface area contributed by atoms with Gasteiger partial charge in [0.1, 0.15) is 5.82 Å². The molecule has 0 aliphatic heterocycles. The van der Waals surface area contributed by atoms with Gasteiger partial charge in [0.2, 0.25) is 0 Å². The number of nitrogens with two attached hydrogens (primary N) is 1. The van der Waals surface area contributed by atoms with E-state index in [9.17, 15) is 4.39 Å². The monoisotopic (exact) mass is 225 g/mol. The number of rotatable bonds is 2. The summed E-state index contributed by atoms with van der Waals surface area (Å²) in [5.74, 6) is -0.306. The number of benzene rings is 1. The lowest BCUT2D eigenvalue weighted by molar-refractivity contribution is 0.609. The zero-order valence-electron chi connectivity index (χ0n) is 7.82. The summed E-state index contributed by atoms with van der Waals surface area (Å²) in [6.07, 6.45) is 3.17. The Kier molecular flexibility index (Phi) is 2.70. The molecule has 0 unspecified atom stereocenters. The zero-order valence-corrected chi connectivity index (χ0v) is 8.58. The predicted octanol–water partition coefficient (Wildman–Crippen LogP) is 2.12. The van der Waals surface area contributed by atoms with Crippen LogP contribution in [0.4, 0.5) is 4.39 Å². The van der Waals surface area contributed by atoms with Gasteiger partial charge in [-0.1, -0.05) is 11.6 Å². The Morgan fingerprint density at radius 3 is 2.87 bits per heavy atom. The van der Waals surface area contributed by atoms with Crippen LogP contribution < -0.4 is 5.73 Å². The minimum atomic E-state index is -0.306. The van der Waals surface area contributed by atoms with Gasteiger partial charge in [-0.15, -0.1) is 0 Å². The second-order valence-corrected chi connectivity index (χ2v) is 3.52. The summed E-state index contributed by atoms with van der Waals surface area (Å²) in [5.41, 5.74) is 6.60. The van der Waals surface area contributed by atoms with Crippen LogP contribution in [0.25, 0.3) is 5.69 Å². The molecule has 2 rings (SSSR count). The number of nitrogens with zero attached hydrogens (tertiary/aromatic N) is 2. The maximum absolute atomic E-state index is 13.2. The van der Waals surface area contributed by atoms with Crippen molar-refractivity contribution in [3.8, 4) is 5.69 Å². The molecule has 5 heteroatoms. The van der Waals surface area contributed by atoms with Crippen molar-refractivity contribution in [1.29, 1.82) is 0 Å². The van der Waals surface area contributed by atoms with Gasteiger partial charge in [0.05, 0.1) is 16.9 Å². The molecule has 0 saturated heterocycles. The molecule has 1 aromatic carbocycles. The standard InChI is InChI=1S/C10H9ClFN3/c11-8-5-14-15(6-8)9-1-2-10(12)7(3-9)4-13/h1-3,5-6H,4,13H2. The highest BCUT2D eigenvalue weighted by molar-refractivity contribution is 6.30. The number of aromatic nitrogens is 2. The third kappa shape index (κ3) is 2.00. The summed E-state index contributed by atoms with van der Waals surface area (Å²) in [4.78, 5) is 0. The fraction of sp³-hybridized carbons (Fsp3) is 0.100. The summed E-state index contributed by atoms with van der Waals surface area (Å²) in [6.45, 7) is 0.161. The van der Waals surface area contributed by atoms with Crippen LogP contribution in [-0.4, -0.2) is 9.78 Å². The third-order valence-electron chi connectivity index (χ3n) is 2.06. The number of hydrogen-bond donors (Lipinski definition) is 1. The van der Waals surface area contributed by atoms with Crippen LogP contribution >= 0.6 is 11.6 Å². The van der Waals surface area contributed by atoms with Gasteiger partial charge >= 0.3 is 0 Å². The van der Waals surface area contributed by atoms with Gasteiger partial charge < -0.3 is 5.73 Å². The molecule has 0 saturated carbocycles. The van der Waals surface area contributed by atoms with Crippen LogP contribution in [-0.2, 0) is 6.54 Å². The number of hydrogen-bond acceptors (Lipinski definition) is 2. The molecular formula is C10H9ClFN3. The summed E-state index contributed by atoms with van der Waals surface area (Å²) in [6, 6.07) is 4.64. The first-order chi connectivity index (χ1) is 7.20. The van der Waals surface area contributed by atoms with E-state index >= 15 is 0 Å². The van der Waals surface area contributed by atoms with Crippen molar-refractivity contribution in [2.45, 2.75) is 6.54 Å². The van der Waals surface area contributed by atoms with Crippen molar-refractivity contribution >= 4 is 11.6 Å². The Hall–Kier alpha value is -1.39. The SMILES string of the molecule is NCc1cc(-n2cc(Cl)cn2)ccc1F. The largest absolute Gasteiger partial charge is 0.326 e. The first-order valence-electron chi connectivity index (χ1n) is 4.40. The second kappa shape index (κ2) is 4.00. The van der Waals surface area contributed by atoms with E-state index in [0.29, 0.717) is 10.6 Å². The fourth-order valence-electron chi connectivity index (χ4n) is 1.30. The molecule has 15 heavy (non-hydrogen) atoms. The lowest BCUT2D eigenvalue weighted by Crippen LogP contribution is -2.02. The first-order valence-corrected chi connectivity index (χ1v) is 4.77. The van der Waals surface area contributed by atoms with Crippen LogP contribution in [0.15, 0.2) is 30.6 Å². The van der Waals surface area contributed by atoms with Gasteiger partial charge in [-0.3, -0.25) is 0 Å². The van der Waals surface area contributed by atoms with Gasteiger partial charge in [0.15, 0.2) is 0 Å². The van der Waals surface area contributed by atoms with Gasteiger partial charge in [0.25, 0.3) is 0 Å². The van der Waals surface area contributed by atoms with E-state index < -0.39 is 0 Å². The van der Waals surface area contributed by atoms with Crippen LogP contribution in [0.3, 0.4) is 0 Å². The molecule has 78 valence electrons. The zero-order chi connectivity index (χ0) is 10.8.